The van der Waals surface area contributed by atoms with Crippen LogP contribution in [-0.4, -0.2) is 26.8 Å². The molecule has 0 fully saturated rings. The van der Waals surface area contributed by atoms with Crippen LogP contribution in [0.15, 0.2) is 0 Å². The number of nitrogens with two attached hydrogens (primary N) is 1. The first-order valence-electron chi connectivity index (χ1n) is 5.62. The Hall–Kier alpha value is -0.130. The van der Waals surface area contributed by atoms with Crippen molar-refractivity contribution >= 4 is 10.0 Å². The summed E-state index contributed by atoms with van der Waals surface area (Å²) < 4.78 is 21.4. The maximum Gasteiger partial charge on any atom is 0.210 e. The molecule has 5 heteroatoms. The van der Waals surface area contributed by atoms with Crippen molar-refractivity contribution in [3.63, 3.8) is 0 Å². The molecule has 0 spiro atoms. The number of hydrogen-bond acceptors (Lipinski definition) is 3. The maximum atomic E-state index is 10.7. The van der Waals surface area contributed by atoms with Gasteiger partial charge in [0.25, 0.3) is 0 Å². The lowest BCUT2D eigenvalue weighted by Crippen LogP contribution is -2.35. The van der Waals surface area contributed by atoms with E-state index in [1.54, 1.807) is 0 Å². The Morgan fingerprint density at radius 1 is 1.27 bits per heavy atom. The second-order valence-corrected chi connectivity index (χ2v) is 5.91. The number of primary sulfonamides is 1. The molecule has 3 N–H and O–H groups in total. The van der Waals surface area contributed by atoms with Crippen LogP contribution in [-0.2, 0) is 10.0 Å². The van der Waals surface area contributed by atoms with Gasteiger partial charge in [0.05, 0.1) is 5.75 Å². The van der Waals surface area contributed by atoms with E-state index in [0.29, 0.717) is 18.5 Å². The van der Waals surface area contributed by atoms with Gasteiger partial charge < -0.3 is 5.32 Å². The van der Waals surface area contributed by atoms with Gasteiger partial charge in [-0.15, -0.1) is 0 Å². The minimum absolute atomic E-state index is 0.0179. The Morgan fingerprint density at radius 3 is 2.27 bits per heavy atom. The van der Waals surface area contributed by atoms with Gasteiger partial charge in [-0.05, 0) is 18.8 Å². The van der Waals surface area contributed by atoms with E-state index < -0.39 is 10.0 Å². The molecule has 0 aromatic heterocycles. The van der Waals surface area contributed by atoms with E-state index in [-0.39, 0.29) is 5.75 Å². The summed E-state index contributed by atoms with van der Waals surface area (Å²) in [4.78, 5) is 0. The first-order chi connectivity index (χ1) is 6.89. The Labute approximate surface area is 93.7 Å². The van der Waals surface area contributed by atoms with Crippen LogP contribution in [0.1, 0.15) is 40.0 Å². The predicted molar refractivity (Wildman–Crippen MR) is 64.1 cm³/mol. The molecular weight excluding hydrogens is 212 g/mol. The van der Waals surface area contributed by atoms with Crippen LogP contribution in [0.25, 0.3) is 0 Å². The molecule has 0 saturated carbocycles. The van der Waals surface area contributed by atoms with Crippen molar-refractivity contribution in [3.05, 3.63) is 0 Å². The van der Waals surface area contributed by atoms with Crippen molar-refractivity contribution in [2.75, 3.05) is 12.3 Å². The van der Waals surface area contributed by atoms with Crippen molar-refractivity contribution in [2.24, 2.45) is 11.1 Å². The van der Waals surface area contributed by atoms with Crippen LogP contribution in [0.5, 0.6) is 0 Å². The lowest BCUT2D eigenvalue weighted by molar-refractivity contribution is 0.391. The predicted octanol–water partition coefficient (Wildman–Crippen LogP) is 1.08. The lowest BCUT2D eigenvalue weighted by atomic mass is 9.98. The van der Waals surface area contributed by atoms with Crippen molar-refractivity contribution < 1.29 is 8.42 Å². The largest absolute Gasteiger partial charge is 0.313 e. The van der Waals surface area contributed by atoms with Gasteiger partial charge in [0, 0.05) is 12.6 Å². The van der Waals surface area contributed by atoms with Crippen molar-refractivity contribution in [3.8, 4) is 0 Å². The summed E-state index contributed by atoms with van der Waals surface area (Å²) in [5, 5.41) is 8.15. The Kier molecular flexibility index (Phi) is 7.13. The molecule has 0 bridgehead atoms. The van der Waals surface area contributed by atoms with Gasteiger partial charge in [-0.25, -0.2) is 13.6 Å². The van der Waals surface area contributed by atoms with Crippen molar-refractivity contribution in [1.29, 1.82) is 0 Å². The molecule has 0 aliphatic heterocycles. The highest BCUT2D eigenvalue weighted by molar-refractivity contribution is 7.89. The summed E-state index contributed by atoms with van der Waals surface area (Å²) in [6.45, 7) is 6.94. The van der Waals surface area contributed by atoms with E-state index in [2.05, 4.69) is 26.1 Å². The topological polar surface area (TPSA) is 72.2 Å². The van der Waals surface area contributed by atoms with Gasteiger partial charge in [0.1, 0.15) is 0 Å². The molecule has 0 saturated heterocycles. The molecule has 0 aliphatic rings. The minimum atomic E-state index is -3.32. The Morgan fingerprint density at radius 2 is 1.87 bits per heavy atom. The number of rotatable bonds is 8. The average Bonchev–Trinajstić information content (AvgIpc) is 2.14. The minimum Gasteiger partial charge on any atom is -0.313 e. The van der Waals surface area contributed by atoms with Gasteiger partial charge in [-0.3, -0.25) is 0 Å². The van der Waals surface area contributed by atoms with E-state index in [1.807, 2.05) is 0 Å². The summed E-state index contributed by atoms with van der Waals surface area (Å²) >= 11 is 0. The van der Waals surface area contributed by atoms with Crippen LogP contribution < -0.4 is 10.5 Å². The van der Waals surface area contributed by atoms with Gasteiger partial charge in [-0.1, -0.05) is 27.2 Å². The van der Waals surface area contributed by atoms with Crippen LogP contribution in [0.2, 0.25) is 0 Å². The summed E-state index contributed by atoms with van der Waals surface area (Å²) in [5.74, 6) is 0.696. The monoisotopic (exact) mass is 236 g/mol. The summed E-state index contributed by atoms with van der Waals surface area (Å²) in [6.07, 6.45) is 3.28. The first kappa shape index (κ1) is 14.9. The molecule has 0 rings (SSSR count). The van der Waals surface area contributed by atoms with Crippen molar-refractivity contribution in [2.45, 2.75) is 46.1 Å². The van der Waals surface area contributed by atoms with E-state index in [4.69, 9.17) is 5.14 Å². The molecule has 15 heavy (non-hydrogen) atoms. The van der Waals surface area contributed by atoms with Crippen LogP contribution in [0, 0.1) is 5.92 Å². The zero-order chi connectivity index (χ0) is 11.9. The van der Waals surface area contributed by atoms with E-state index >= 15 is 0 Å². The molecule has 2 unspecified atom stereocenters. The van der Waals surface area contributed by atoms with Gasteiger partial charge in [-0.2, -0.15) is 0 Å². The van der Waals surface area contributed by atoms with E-state index in [0.717, 1.165) is 19.3 Å². The SMILES string of the molecule is CCC(C)CC(CC)NCCS(N)(=O)=O. The zero-order valence-electron chi connectivity index (χ0n) is 9.99. The highest BCUT2D eigenvalue weighted by Crippen LogP contribution is 2.11. The van der Waals surface area contributed by atoms with E-state index in [9.17, 15) is 8.42 Å². The quantitative estimate of drug-likeness (QED) is 0.662. The molecule has 92 valence electrons. The molecule has 2 atom stereocenters. The number of sulfonamides is 1. The lowest BCUT2D eigenvalue weighted by Gasteiger charge is -2.19. The number of nitrogens with one attached hydrogen (secondary N) is 1. The summed E-state index contributed by atoms with van der Waals surface area (Å²) in [5.41, 5.74) is 0. The van der Waals surface area contributed by atoms with Crippen LogP contribution in [0.4, 0.5) is 0 Å². The zero-order valence-corrected chi connectivity index (χ0v) is 10.8. The molecule has 0 radical (unpaired) electrons. The fourth-order valence-electron chi connectivity index (χ4n) is 1.45. The highest BCUT2D eigenvalue weighted by Gasteiger charge is 2.10. The molecule has 0 aliphatic carbocycles. The van der Waals surface area contributed by atoms with Crippen molar-refractivity contribution in [1.82, 2.24) is 5.32 Å². The average molecular weight is 236 g/mol. The van der Waals surface area contributed by atoms with E-state index in [1.165, 1.54) is 0 Å². The molecular formula is C10H24N2O2S. The van der Waals surface area contributed by atoms with Gasteiger partial charge in [0.2, 0.25) is 10.0 Å². The maximum absolute atomic E-state index is 10.7. The fourth-order valence-corrected chi connectivity index (χ4v) is 1.85. The summed E-state index contributed by atoms with van der Waals surface area (Å²) in [6, 6.07) is 0.404. The first-order valence-corrected chi connectivity index (χ1v) is 7.34. The Balaban J connectivity index is 3.80. The summed E-state index contributed by atoms with van der Waals surface area (Å²) in [7, 11) is -3.32. The second kappa shape index (κ2) is 7.19. The third kappa shape index (κ3) is 8.84. The molecule has 0 amide bonds. The van der Waals surface area contributed by atoms with Crippen LogP contribution in [0.3, 0.4) is 0 Å². The van der Waals surface area contributed by atoms with Gasteiger partial charge >= 0.3 is 0 Å². The molecule has 0 aromatic rings. The smallest absolute Gasteiger partial charge is 0.210 e. The third-order valence-electron chi connectivity index (χ3n) is 2.70. The highest BCUT2D eigenvalue weighted by atomic mass is 32.2. The Bertz CT molecular complexity index is 252. The molecule has 0 heterocycles. The second-order valence-electron chi connectivity index (χ2n) is 4.18. The third-order valence-corrected chi connectivity index (χ3v) is 3.47. The van der Waals surface area contributed by atoms with Crippen LogP contribution >= 0.6 is 0 Å². The molecule has 4 nitrogen and oxygen atoms in total. The fraction of sp³-hybridized carbons (Fsp3) is 1.00. The number of hydrogen-bond donors (Lipinski definition) is 2. The standard InChI is InChI=1S/C10H24N2O2S/c1-4-9(3)8-10(5-2)12-6-7-15(11,13)14/h9-10,12H,4-8H2,1-3H3,(H2,11,13,14). The van der Waals surface area contributed by atoms with Gasteiger partial charge in [0.15, 0.2) is 0 Å². The normalized spacial score (nSPS) is 16.3. The molecule has 0 aromatic carbocycles.